The molecule has 3 heteroatoms. The zero-order valence-electron chi connectivity index (χ0n) is 10.7. The minimum absolute atomic E-state index is 0.110. The maximum absolute atomic E-state index is 9.65. The zero-order valence-corrected chi connectivity index (χ0v) is 10.7. The summed E-state index contributed by atoms with van der Waals surface area (Å²) in [4.78, 5) is 2.53. The van der Waals surface area contributed by atoms with Crippen molar-refractivity contribution < 1.29 is 9.84 Å². The van der Waals surface area contributed by atoms with Crippen LogP contribution in [0.2, 0.25) is 0 Å². The molecule has 2 aliphatic rings. The Morgan fingerprint density at radius 2 is 1.88 bits per heavy atom. The van der Waals surface area contributed by atoms with E-state index in [1.165, 1.54) is 19.5 Å². The summed E-state index contributed by atoms with van der Waals surface area (Å²) in [5.41, 5.74) is 0.570. The highest BCUT2D eigenvalue weighted by molar-refractivity contribution is 4.89. The first-order chi connectivity index (χ1) is 7.55. The Kier molecular flexibility index (Phi) is 3.57. The lowest BCUT2D eigenvalue weighted by molar-refractivity contribution is -0.0321. The molecule has 0 unspecified atom stereocenters. The first kappa shape index (κ1) is 12.3. The van der Waals surface area contributed by atoms with Crippen molar-refractivity contribution in [1.82, 2.24) is 4.90 Å². The zero-order chi connectivity index (χ0) is 11.6. The van der Waals surface area contributed by atoms with Gasteiger partial charge in [-0.25, -0.2) is 0 Å². The highest BCUT2D eigenvalue weighted by Gasteiger charge is 2.37. The standard InChI is InChI=1S/C13H25NO2/c1-12(2)3-6-14(9-12)10-13(11-15)4-7-16-8-5-13/h15H,3-11H2,1-2H3. The van der Waals surface area contributed by atoms with Gasteiger partial charge in [-0.2, -0.15) is 0 Å². The van der Waals surface area contributed by atoms with Crippen LogP contribution in [0.1, 0.15) is 33.1 Å². The van der Waals surface area contributed by atoms with Crippen molar-refractivity contribution in [2.75, 3.05) is 39.5 Å². The monoisotopic (exact) mass is 227 g/mol. The summed E-state index contributed by atoms with van der Waals surface area (Å²) in [6.45, 7) is 10.0. The maximum atomic E-state index is 9.65. The van der Waals surface area contributed by atoms with Crippen LogP contribution in [0.5, 0.6) is 0 Å². The van der Waals surface area contributed by atoms with Gasteiger partial charge in [-0.1, -0.05) is 13.8 Å². The molecule has 2 fully saturated rings. The molecule has 0 radical (unpaired) electrons. The second-order valence-electron chi connectivity index (χ2n) is 6.40. The lowest BCUT2D eigenvalue weighted by Crippen LogP contribution is -2.43. The van der Waals surface area contributed by atoms with Crippen LogP contribution in [-0.4, -0.2) is 49.5 Å². The van der Waals surface area contributed by atoms with Crippen LogP contribution in [0, 0.1) is 10.8 Å². The predicted octanol–water partition coefficient (Wildman–Crippen LogP) is 1.51. The predicted molar refractivity (Wildman–Crippen MR) is 64.4 cm³/mol. The van der Waals surface area contributed by atoms with Crippen LogP contribution < -0.4 is 0 Å². The SMILES string of the molecule is CC1(C)CCN(CC2(CO)CCOCC2)C1. The van der Waals surface area contributed by atoms with Crippen molar-refractivity contribution in [2.45, 2.75) is 33.1 Å². The largest absolute Gasteiger partial charge is 0.396 e. The van der Waals surface area contributed by atoms with Crippen molar-refractivity contribution in [1.29, 1.82) is 0 Å². The summed E-state index contributed by atoms with van der Waals surface area (Å²) in [6, 6.07) is 0. The topological polar surface area (TPSA) is 32.7 Å². The molecular formula is C13H25NO2. The number of hydrogen-bond donors (Lipinski definition) is 1. The lowest BCUT2D eigenvalue weighted by Gasteiger charge is -2.38. The Bertz CT molecular complexity index is 234. The minimum Gasteiger partial charge on any atom is -0.396 e. The van der Waals surface area contributed by atoms with Crippen LogP contribution in [0.4, 0.5) is 0 Å². The third-order valence-electron chi connectivity index (χ3n) is 4.20. The van der Waals surface area contributed by atoms with E-state index in [9.17, 15) is 5.11 Å². The minimum atomic E-state index is 0.110. The fraction of sp³-hybridized carbons (Fsp3) is 1.00. The summed E-state index contributed by atoms with van der Waals surface area (Å²) in [7, 11) is 0. The molecule has 0 aromatic heterocycles. The molecular weight excluding hydrogens is 202 g/mol. The van der Waals surface area contributed by atoms with Gasteiger partial charge in [0.15, 0.2) is 0 Å². The smallest absolute Gasteiger partial charge is 0.0501 e. The summed E-state index contributed by atoms with van der Waals surface area (Å²) in [5.74, 6) is 0. The fourth-order valence-corrected chi connectivity index (χ4v) is 3.00. The molecule has 0 aliphatic carbocycles. The molecule has 0 atom stereocenters. The van der Waals surface area contributed by atoms with Gasteiger partial charge in [-0.05, 0) is 31.2 Å². The van der Waals surface area contributed by atoms with Crippen molar-refractivity contribution in [3.8, 4) is 0 Å². The van der Waals surface area contributed by atoms with Gasteiger partial charge < -0.3 is 14.7 Å². The number of hydrogen-bond acceptors (Lipinski definition) is 3. The van der Waals surface area contributed by atoms with Crippen LogP contribution in [0.3, 0.4) is 0 Å². The Morgan fingerprint density at radius 1 is 1.19 bits per heavy atom. The second-order valence-corrected chi connectivity index (χ2v) is 6.40. The van der Waals surface area contributed by atoms with E-state index in [4.69, 9.17) is 4.74 Å². The third-order valence-corrected chi connectivity index (χ3v) is 4.20. The van der Waals surface area contributed by atoms with Gasteiger partial charge in [0.05, 0.1) is 6.61 Å². The summed E-state index contributed by atoms with van der Waals surface area (Å²) in [6.07, 6.45) is 3.31. The normalized spacial score (nSPS) is 29.4. The number of aliphatic hydroxyl groups excluding tert-OH is 1. The molecule has 1 N–H and O–H groups in total. The van der Waals surface area contributed by atoms with Gasteiger partial charge in [0, 0.05) is 31.7 Å². The van der Waals surface area contributed by atoms with Gasteiger partial charge in [-0.15, -0.1) is 0 Å². The van der Waals surface area contributed by atoms with E-state index in [1.807, 2.05) is 0 Å². The number of rotatable bonds is 3. The molecule has 0 amide bonds. The molecule has 2 saturated heterocycles. The molecule has 2 rings (SSSR count). The first-order valence-electron chi connectivity index (χ1n) is 6.46. The van der Waals surface area contributed by atoms with Crippen LogP contribution in [0.15, 0.2) is 0 Å². The lowest BCUT2D eigenvalue weighted by atomic mass is 9.80. The Hall–Kier alpha value is -0.120. The van der Waals surface area contributed by atoms with Crippen molar-refractivity contribution in [2.24, 2.45) is 10.8 Å². The molecule has 0 spiro atoms. The maximum Gasteiger partial charge on any atom is 0.0501 e. The molecule has 0 aromatic carbocycles. The van der Waals surface area contributed by atoms with Gasteiger partial charge in [0.25, 0.3) is 0 Å². The average Bonchev–Trinajstić information content (AvgIpc) is 2.59. The van der Waals surface area contributed by atoms with Gasteiger partial charge >= 0.3 is 0 Å². The molecule has 94 valence electrons. The highest BCUT2D eigenvalue weighted by Crippen LogP contribution is 2.35. The molecule has 3 nitrogen and oxygen atoms in total. The summed E-state index contributed by atoms with van der Waals surface area (Å²) >= 11 is 0. The van der Waals surface area contributed by atoms with Crippen LogP contribution >= 0.6 is 0 Å². The summed E-state index contributed by atoms with van der Waals surface area (Å²) in [5, 5.41) is 9.65. The van der Waals surface area contributed by atoms with Gasteiger partial charge in [-0.3, -0.25) is 0 Å². The van der Waals surface area contributed by atoms with Crippen molar-refractivity contribution in [3.05, 3.63) is 0 Å². The van der Waals surface area contributed by atoms with E-state index in [0.717, 1.165) is 32.6 Å². The molecule has 16 heavy (non-hydrogen) atoms. The van der Waals surface area contributed by atoms with E-state index in [-0.39, 0.29) is 5.41 Å². The van der Waals surface area contributed by atoms with Crippen molar-refractivity contribution >= 4 is 0 Å². The van der Waals surface area contributed by atoms with E-state index in [1.54, 1.807) is 0 Å². The summed E-state index contributed by atoms with van der Waals surface area (Å²) < 4.78 is 5.40. The number of likely N-dealkylation sites (tertiary alicyclic amines) is 1. The Morgan fingerprint density at radius 3 is 2.38 bits per heavy atom. The molecule has 2 aliphatic heterocycles. The Balaban J connectivity index is 1.91. The van der Waals surface area contributed by atoms with Crippen LogP contribution in [-0.2, 0) is 4.74 Å². The van der Waals surface area contributed by atoms with Crippen LogP contribution in [0.25, 0.3) is 0 Å². The first-order valence-corrected chi connectivity index (χ1v) is 6.46. The van der Waals surface area contributed by atoms with Gasteiger partial charge in [0.1, 0.15) is 0 Å². The van der Waals surface area contributed by atoms with Gasteiger partial charge in [0.2, 0.25) is 0 Å². The van der Waals surface area contributed by atoms with Crippen molar-refractivity contribution in [3.63, 3.8) is 0 Å². The highest BCUT2D eigenvalue weighted by atomic mass is 16.5. The van der Waals surface area contributed by atoms with E-state index < -0.39 is 0 Å². The molecule has 0 aromatic rings. The van der Waals surface area contributed by atoms with E-state index >= 15 is 0 Å². The molecule has 0 bridgehead atoms. The number of ether oxygens (including phenoxy) is 1. The number of aliphatic hydroxyl groups is 1. The fourth-order valence-electron chi connectivity index (χ4n) is 3.00. The second kappa shape index (κ2) is 4.63. The third kappa shape index (κ3) is 2.76. The average molecular weight is 227 g/mol. The molecule has 2 heterocycles. The van der Waals surface area contributed by atoms with E-state index in [0.29, 0.717) is 12.0 Å². The molecule has 0 saturated carbocycles. The Labute approximate surface area is 98.8 Å². The van der Waals surface area contributed by atoms with E-state index in [2.05, 4.69) is 18.7 Å². The number of nitrogens with zero attached hydrogens (tertiary/aromatic N) is 1. The quantitative estimate of drug-likeness (QED) is 0.793.